The number of anilines is 1. The molecule has 2 rings (SSSR count). The molecule has 1 aliphatic carbocycles. The first-order chi connectivity index (χ1) is 8.15. The van der Waals surface area contributed by atoms with Gasteiger partial charge in [0.25, 0.3) is 0 Å². The van der Waals surface area contributed by atoms with Gasteiger partial charge in [-0.15, -0.1) is 0 Å². The van der Waals surface area contributed by atoms with Gasteiger partial charge in [-0.2, -0.15) is 0 Å². The van der Waals surface area contributed by atoms with Crippen LogP contribution in [0.25, 0.3) is 0 Å². The summed E-state index contributed by atoms with van der Waals surface area (Å²) < 4.78 is 14.4. The lowest BCUT2D eigenvalue weighted by Gasteiger charge is -2.37. The first kappa shape index (κ1) is 12.8. The van der Waals surface area contributed by atoms with Gasteiger partial charge in [0.05, 0.1) is 5.54 Å². The van der Waals surface area contributed by atoms with Crippen LogP contribution in [0.4, 0.5) is 10.2 Å². The molecule has 0 amide bonds. The van der Waals surface area contributed by atoms with Gasteiger partial charge in [-0.3, -0.25) is 0 Å². The molecule has 0 aromatic carbocycles. The maximum absolute atomic E-state index is 13.7. The summed E-state index contributed by atoms with van der Waals surface area (Å²) in [5.41, 5.74) is 5.66. The molecule has 5 heteroatoms. The van der Waals surface area contributed by atoms with Crippen molar-refractivity contribution in [3.8, 4) is 0 Å². The van der Waals surface area contributed by atoms with E-state index in [-0.39, 0.29) is 11.4 Å². The van der Waals surface area contributed by atoms with Gasteiger partial charge in [-0.05, 0) is 34.8 Å². The maximum atomic E-state index is 13.7. The zero-order chi connectivity index (χ0) is 12.3. The highest BCUT2D eigenvalue weighted by Gasteiger charge is 2.31. The van der Waals surface area contributed by atoms with Gasteiger partial charge >= 0.3 is 0 Å². The third-order valence-electron chi connectivity index (χ3n) is 3.39. The van der Waals surface area contributed by atoms with Crippen LogP contribution in [0.1, 0.15) is 32.1 Å². The van der Waals surface area contributed by atoms with E-state index in [2.05, 4.69) is 26.2 Å². The van der Waals surface area contributed by atoms with Gasteiger partial charge in [0.15, 0.2) is 11.6 Å². The Morgan fingerprint density at radius 1 is 1.41 bits per heavy atom. The molecule has 1 aromatic heterocycles. The maximum Gasteiger partial charge on any atom is 0.166 e. The van der Waals surface area contributed by atoms with Crippen LogP contribution in [0, 0.1) is 5.82 Å². The normalized spacial score (nSPS) is 19.0. The first-order valence-electron chi connectivity index (χ1n) is 5.94. The summed E-state index contributed by atoms with van der Waals surface area (Å²) in [7, 11) is 0. The Bertz CT molecular complexity index is 391. The van der Waals surface area contributed by atoms with Crippen LogP contribution in [0.3, 0.4) is 0 Å². The van der Waals surface area contributed by atoms with Crippen LogP contribution in [0.2, 0.25) is 0 Å². The number of halogens is 2. The Morgan fingerprint density at radius 2 is 2.12 bits per heavy atom. The van der Waals surface area contributed by atoms with Crippen molar-refractivity contribution in [2.24, 2.45) is 5.73 Å². The van der Waals surface area contributed by atoms with Gasteiger partial charge in [-0.25, -0.2) is 9.37 Å². The zero-order valence-corrected chi connectivity index (χ0v) is 11.3. The number of rotatable bonds is 3. The fourth-order valence-electron chi connectivity index (χ4n) is 2.37. The van der Waals surface area contributed by atoms with Crippen LogP contribution < -0.4 is 11.1 Å². The molecule has 0 unspecified atom stereocenters. The third kappa shape index (κ3) is 2.96. The molecule has 0 radical (unpaired) electrons. The van der Waals surface area contributed by atoms with E-state index in [1.807, 2.05) is 0 Å². The molecular weight excluding hydrogens is 285 g/mol. The van der Waals surface area contributed by atoms with E-state index in [1.165, 1.54) is 12.5 Å². The van der Waals surface area contributed by atoms with E-state index >= 15 is 0 Å². The lowest BCUT2D eigenvalue weighted by atomic mass is 9.81. The van der Waals surface area contributed by atoms with Gasteiger partial charge in [0, 0.05) is 17.2 Å². The molecule has 1 aliphatic rings. The quantitative estimate of drug-likeness (QED) is 0.902. The van der Waals surface area contributed by atoms with Gasteiger partial charge in [-0.1, -0.05) is 19.3 Å². The smallest absolute Gasteiger partial charge is 0.166 e. The summed E-state index contributed by atoms with van der Waals surface area (Å²) in [6.45, 7) is 0.518. The molecular formula is C12H17BrFN3. The lowest BCUT2D eigenvalue weighted by molar-refractivity contribution is 0.328. The Balaban J connectivity index is 2.17. The summed E-state index contributed by atoms with van der Waals surface area (Å²) in [4.78, 5) is 4.08. The predicted octanol–water partition coefficient (Wildman–Crippen LogP) is 3.06. The van der Waals surface area contributed by atoms with E-state index in [9.17, 15) is 4.39 Å². The fraction of sp³-hybridized carbons (Fsp3) is 0.583. The monoisotopic (exact) mass is 301 g/mol. The number of hydrogen-bond acceptors (Lipinski definition) is 3. The van der Waals surface area contributed by atoms with E-state index in [4.69, 9.17) is 5.73 Å². The van der Waals surface area contributed by atoms with Crippen molar-refractivity contribution in [1.29, 1.82) is 0 Å². The fourth-order valence-corrected chi connectivity index (χ4v) is 2.67. The molecule has 0 bridgehead atoms. The number of aromatic nitrogens is 1. The molecule has 0 aliphatic heterocycles. The Labute approximate surface area is 109 Å². The van der Waals surface area contributed by atoms with Crippen molar-refractivity contribution in [1.82, 2.24) is 4.98 Å². The minimum absolute atomic E-state index is 0.181. The summed E-state index contributed by atoms with van der Waals surface area (Å²) in [5, 5.41) is 3.21. The molecule has 17 heavy (non-hydrogen) atoms. The molecule has 0 atom stereocenters. The van der Waals surface area contributed by atoms with E-state index in [0.29, 0.717) is 16.8 Å². The van der Waals surface area contributed by atoms with E-state index < -0.39 is 0 Å². The highest BCUT2D eigenvalue weighted by molar-refractivity contribution is 9.10. The van der Waals surface area contributed by atoms with Gasteiger partial charge in [0.1, 0.15) is 0 Å². The van der Waals surface area contributed by atoms with Crippen LogP contribution in [-0.2, 0) is 0 Å². The van der Waals surface area contributed by atoms with E-state index in [1.54, 1.807) is 6.20 Å². The second kappa shape index (κ2) is 5.31. The molecule has 3 N–H and O–H groups in total. The predicted molar refractivity (Wildman–Crippen MR) is 70.4 cm³/mol. The molecule has 1 aromatic rings. The summed E-state index contributed by atoms with van der Waals surface area (Å²) in [6.07, 6.45) is 7.09. The minimum atomic E-state index is -0.335. The topological polar surface area (TPSA) is 50.9 Å². The first-order valence-corrected chi connectivity index (χ1v) is 6.74. The molecule has 94 valence electrons. The average Bonchev–Trinajstić information content (AvgIpc) is 2.34. The minimum Gasteiger partial charge on any atom is -0.361 e. The highest BCUT2D eigenvalue weighted by atomic mass is 79.9. The number of nitrogens with zero attached hydrogens (tertiary/aromatic N) is 1. The van der Waals surface area contributed by atoms with Crippen LogP contribution in [0.15, 0.2) is 16.7 Å². The second-order valence-corrected chi connectivity index (χ2v) is 5.57. The molecule has 0 saturated heterocycles. The largest absolute Gasteiger partial charge is 0.361 e. The van der Waals surface area contributed by atoms with Crippen molar-refractivity contribution < 1.29 is 4.39 Å². The van der Waals surface area contributed by atoms with Crippen molar-refractivity contribution in [3.63, 3.8) is 0 Å². The van der Waals surface area contributed by atoms with Gasteiger partial charge in [0.2, 0.25) is 0 Å². The van der Waals surface area contributed by atoms with Crippen molar-refractivity contribution in [2.75, 3.05) is 11.9 Å². The molecule has 1 heterocycles. The van der Waals surface area contributed by atoms with Crippen molar-refractivity contribution in [2.45, 2.75) is 37.6 Å². The lowest BCUT2D eigenvalue weighted by Crippen LogP contribution is -2.47. The highest BCUT2D eigenvalue weighted by Crippen LogP contribution is 2.31. The van der Waals surface area contributed by atoms with Gasteiger partial charge < -0.3 is 11.1 Å². The Hall–Kier alpha value is -0.680. The number of nitrogens with one attached hydrogen (secondary N) is 1. The van der Waals surface area contributed by atoms with Crippen molar-refractivity contribution in [3.05, 3.63) is 22.6 Å². The number of nitrogens with two attached hydrogens (primary N) is 1. The van der Waals surface area contributed by atoms with Crippen LogP contribution >= 0.6 is 15.9 Å². The molecule has 1 saturated carbocycles. The van der Waals surface area contributed by atoms with E-state index in [0.717, 1.165) is 25.7 Å². The molecule has 0 spiro atoms. The zero-order valence-electron chi connectivity index (χ0n) is 9.68. The summed E-state index contributed by atoms with van der Waals surface area (Å²) in [5.74, 6) is -0.0293. The number of hydrogen-bond donors (Lipinski definition) is 2. The molecule has 1 fully saturated rings. The Morgan fingerprint density at radius 3 is 2.71 bits per heavy atom. The summed E-state index contributed by atoms with van der Waals surface area (Å²) in [6, 6.07) is 1.42. The SMILES string of the molecule is NCC1(Nc2ncc(Br)cc2F)CCCCC1. The average molecular weight is 302 g/mol. The number of pyridine rings is 1. The summed E-state index contributed by atoms with van der Waals surface area (Å²) >= 11 is 3.20. The van der Waals surface area contributed by atoms with Crippen LogP contribution in [-0.4, -0.2) is 17.1 Å². The second-order valence-electron chi connectivity index (χ2n) is 4.65. The third-order valence-corrected chi connectivity index (χ3v) is 3.83. The van der Waals surface area contributed by atoms with Crippen LogP contribution in [0.5, 0.6) is 0 Å². The molecule has 3 nitrogen and oxygen atoms in total. The Kier molecular flexibility index (Phi) is 3.99. The van der Waals surface area contributed by atoms with Crippen molar-refractivity contribution >= 4 is 21.7 Å². The standard InChI is InChI=1S/C12H17BrFN3/c13-9-6-10(14)11(16-7-9)17-12(8-15)4-2-1-3-5-12/h6-7H,1-5,8,15H2,(H,16,17).